The molecule has 0 amide bonds. The molecule has 2 aromatic carbocycles. The largest absolute Gasteiger partial charge is 0.478 e. The van der Waals surface area contributed by atoms with Crippen molar-refractivity contribution in [3.8, 4) is 11.5 Å². The summed E-state index contributed by atoms with van der Waals surface area (Å²) in [6.45, 7) is 14.6. The average molecular weight is 388 g/mol. The van der Waals surface area contributed by atoms with Gasteiger partial charge in [-0.15, -0.1) is 0 Å². The van der Waals surface area contributed by atoms with Gasteiger partial charge in [-0.1, -0.05) is 58.3 Å². The van der Waals surface area contributed by atoms with E-state index in [1.54, 1.807) is 0 Å². The number of hydrogen-bond donors (Lipinski definition) is 1. The van der Waals surface area contributed by atoms with Gasteiger partial charge in [0.2, 0.25) is 0 Å². The Morgan fingerprint density at radius 1 is 0.852 bits per heavy atom. The van der Waals surface area contributed by atoms with Gasteiger partial charge >= 0.3 is 0 Å². The van der Waals surface area contributed by atoms with Crippen LogP contribution in [-0.4, -0.2) is 24.3 Å². The van der Waals surface area contributed by atoms with Crippen LogP contribution in [-0.2, 0) is 5.41 Å². The second kappa shape index (κ2) is 7.73. The van der Waals surface area contributed by atoms with Gasteiger partial charge in [0.25, 0.3) is 0 Å². The van der Waals surface area contributed by atoms with Gasteiger partial charge in [0.15, 0.2) is 5.72 Å². The third-order valence-electron chi connectivity index (χ3n) is 4.94. The van der Waals surface area contributed by atoms with Crippen LogP contribution in [0, 0.1) is 0 Å². The molecule has 3 nitrogen and oxygen atoms in total. The van der Waals surface area contributed by atoms with Crippen molar-refractivity contribution in [3.63, 3.8) is 0 Å². The van der Waals surface area contributed by atoms with E-state index in [0.717, 1.165) is 11.5 Å². The standard InChI is InChI=1S/C23H34NO2P/c1-17(2)27(7,8)26-21-15-11-19(12-16-21)22(3,4)18-9-13-20(14-10-18)25-23(5,6)24/h9-17H,7,24H2,1-6,8H3. The van der Waals surface area contributed by atoms with Crippen molar-refractivity contribution in [2.24, 2.45) is 5.73 Å². The predicted octanol–water partition coefficient (Wildman–Crippen LogP) is 5.87. The number of ether oxygens (including phenoxy) is 1. The summed E-state index contributed by atoms with van der Waals surface area (Å²) in [4.78, 5) is 0. The van der Waals surface area contributed by atoms with E-state index in [-0.39, 0.29) is 5.41 Å². The monoisotopic (exact) mass is 387 g/mol. The zero-order valence-corrected chi connectivity index (χ0v) is 18.6. The first-order valence-electron chi connectivity index (χ1n) is 9.40. The lowest BCUT2D eigenvalue weighted by molar-refractivity contribution is 0.117. The third-order valence-corrected chi connectivity index (χ3v) is 7.75. The molecule has 0 radical (unpaired) electrons. The van der Waals surface area contributed by atoms with Crippen LogP contribution in [0.3, 0.4) is 0 Å². The number of nitrogens with two attached hydrogens (primary N) is 1. The van der Waals surface area contributed by atoms with Gasteiger partial charge in [-0.05, 0) is 55.9 Å². The van der Waals surface area contributed by atoms with Gasteiger partial charge in [0.1, 0.15) is 11.5 Å². The van der Waals surface area contributed by atoms with Crippen LogP contribution in [0.5, 0.6) is 11.5 Å². The molecule has 0 saturated heterocycles. The number of benzene rings is 2. The highest BCUT2D eigenvalue weighted by Crippen LogP contribution is 2.47. The summed E-state index contributed by atoms with van der Waals surface area (Å²) in [5, 5.41) is 0. The molecule has 1 atom stereocenters. The van der Waals surface area contributed by atoms with Crippen LogP contribution >= 0.6 is 7.11 Å². The fourth-order valence-corrected chi connectivity index (χ4v) is 3.50. The maximum absolute atomic E-state index is 6.17. The van der Waals surface area contributed by atoms with E-state index in [4.69, 9.17) is 15.0 Å². The van der Waals surface area contributed by atoms with Crippen molar-refractivity contribution in [1.82, 2.24) is 0 Å². The Balaban J connectivity index is 2.20. The highest BCUT2D eigenvalue weighted by atomic mass is 31.2. The molecular weight excluding hydrogens is 353 g/mol. The first-order valence-corrected chi connectivity index (χ1v) is 11.8. The topological polar surface area (TPSA) is 44.5 Å². The van der Waals surface area contributed by atoms with Crippen LogP contribution < -0.4 is 15.0 Å². The molecule has 2 N–H and O–H groups in total. The Labute approximate surface area is 164 Å². The van der Waals surface area contributed by atoms with Crippen LogP contribution in [0.2, 0.25) is 0 Å². The van der Waals surface area contributed by atoms with Gasteiger partial charge in [-0.25, -0.2) is 0 Å². The van der Waals surface area contributed by atoms with E-state index in [1.807, 2.05) is 26.0 Å². The van der Waals surface area contributed by atoms with Crippen LogP contribution in [0.15, 0.2) is 48.5 Å². The third kappa shape index (κ3) is 5.64. The van der Waals surface area contributed by atoms with Crippen molar-refractivity contribution in [2.75, 3.05) is 6.66 Å². The zero-order chi connectivity index (χ0) is 20.5. The lowest BCUT2D eigenvalue weighted by Gasteiger charge is -2.28. The van der Waals surface area contributed by atoms with E-state index < -0.39 is 12.8 Å². The summed E-state index contributed by atoms with van der Waals surface area (Å²) in [6, 6.07) is 16.5. The van der Waals surface area contributed by atoms with Crippen LogP contribution in [0.4, 0.5) is 0 Å². The minimum Gasteiger partial charge on any atom is -0.478 e. The molecule has 0 fully saturated rings. The molecule has 0 aliphatic carbocycles. The highest BCUT2D eigenvalue weighted by molar-refractivity contribution is 7.69. The molecule has 0 saturated carbocycles. The molecule has 0 bridgehead atoms. The number of rotatable bonds is 7. The van der Waals surface area contributed by atoms with E-state index in [2.05, 4.69) is 77.1 Å². The molecule has 2 rings (SSSR count). The number of hydrogen-bond acceptors (Lipinski definition) is 3. The normalized spacial score (nSPS) is 14.7. The summed E-state index contributed by atoms with van der Waals surface area (Å²) < 4.78 is 11.9. The molecule has 1 unspecified atom stereocenters. The molecule has 27 heavy (non-hydrogen) atoms. The van der Waals surface area contributed by atoms with Crippen LogP contribution in [0.25, 0.3) is 0 Å². The maximum Gasteiger partial charge on any atom is 0.152 e. The average Bonchev–Trinajstić information content (AvgIpc) is 2.54. The SMILES string of the molecule is C=P(C)(Oc1ccc(C(C)(C)c2ccc(OC(C)(C)N)cc2)cc1)C(C)C. The summed E-state index contributed by atoms with van der Waals surface area (Å²) in [5.41, 5.74) is 8.00. The Morgan fingerprint density at radius 2 is 1.26 bits per heavy atom. The summed E-state index contributed by atoms with van der Waals surface area (Å²) in [6.07, 6.45) is 4.29. The summed E-state index contributed by atoms with van der Waals surface area (Å²) >= 11 is 0. The van der Waals surface area contributed by atoms with Crippen LogP contribution in [0.1, 0.15) is 52.7 Å². The second-order valence-corrected chi connectivity index (χ2v) is 12.3. The lowest BCUT2D eigenvalue weighted by atomic mass is 9.78. The van der Waals surface area contributed by atoms with E-state index >= 15 is 0 Å². The minimum atomic E-state index is -1.65. The van der Waals surface area contributed by atoms with Crippen molar-refractivity contribution >= 4 is 13.4 Å². The second-order valence-electron chi connectivity index (χ2n) is 8.74. The quantitative estimate of drug-likeness (QED) is 0.477. The Kier molecular flexibility index (Phi) is 6.19. The van der Waals surface area contributed by atoms with Crippen molar-refractivity contribution in [1.29, 1.82) is 0 Å². The van der Waals surface area contributed by atoms with E-state index in [1.165, 1.54) is 11.1 Å². The first-order chi connectivity index (χ1) is 12.3. The molecule has 0 aliphatic heterocycles. The van der Waals surface area contributed by atoms with Gasteiger partial charge in [-0.2, -0.15) is 0 Å². The molecule has 0 spiro atoms. The van der Waals surface area contributed by atoms with E-state index in [9.17, 15) is 0 Å². The molecular formula is C23H34NO2P. The van der Waals surface area contributed by atoms with Crippen molar-refractivity contribution < 1.29 is 9.26 Å². The fourth-order valence-electron chi connectivity index (χ4n) is 2.69. The Morgan fingerprint density at radius 3 is 1.63 bits per heavy atom. The molecule has 148 valence electrons. The minimum absolute atomic E-state index is 0.129. The summed E-state index contributed by atoms with van der Waals surface area (Å²) in [7, 11) is -1.65. The summed E-state index contributed by atoms with van der Waals surface area (Å²) in [5.74, 6) is 1.67. The van der Waals surface area contributed by atoms with Gasteiger partial charge in [0, 0.05) is 18.2 Å². The Hall–Kier alpha value is -1.70. The predicted molar refractivity (Wildman–Crippen MR) is 120 cm³/mol. The highest BCUT2D eigenvalue weighted by Gasteiger charge is 2.24. The molecule has 0 heterocycles. The fraction of sp³-hybridized carbons (Fsp3) is 0.435. The molecule has 2 aromatic rings. The zero-order valence-electron chi connectivity index (χ0n) is 17.7. The van der Waals surface area contributed by atoms with E-state index in [0.29, 0.717) is 5.66 Å². The maximum atomic E-state index is 6.17. The smallest absolute Gasteiger partial charge is 0.152 e. The van der Waals surface area contributed by atoms with Crippen molar-refractivity contribution in [2.45, 2.75) is 58.3 Å². The van der Waals surface area contributed by atoms with Gasteiger partial charge in [-0.3, -0.25) is 5.73 Å². The molecule has 4 heteroatoms. The van der Waals surface area contributed by atoms with Crippen molar-refractivity contribution in [3.05, 3.63) is 59.7 Å². The lowest BCUT2D eigenvalue weighted by Crippen LogP contribution is -2.38. The molecule has 0 aromatic heterocycles. The first kappa shape index (κ1) is 21.6. The Bertz CT molecular complexity index is 800. The molecule has 0 aliphatic rings. The van der Waals surface area contributed by atoms with Gasteiger partial charge in [0.05, 0.1) is 0 Å². The van der Waals surface area contributed by atoms with Gasteiger partial charge < -0.3 is 9.26 Å².